The molecule has 0 spiro atoms. The van der Waals surface area contributed by atoms with Crippen LogP contribution in [0.5, 0.6) is 0 Å². The number of nitrogens with one attached hydrogen (secondary N) is 1. The molecule has 2 N–H and O–H groups in total. The van der Waals surface area contributed by atoms with Crippen molar-refractivity contribution in [3.63, 3.8) is 0 Å². The number of alkyl halides is 1. The van der Waals surface area contributed by atoms with Crippen LogP contribution in [0.3, 0.4) is 0 Å². The molecular formula is C16H27IN2O5Si. The first-order valence-corrected chi connectivity index (χ1v) is 12.8. The quantitative estimate of drug-likeness (QED) is 0.371. The molecule has 142 valence electrons. The molecule has 1 aliphatic rings. The molecule has 0 saturated carbocycles. The van der Waals surface area contributed by atoms with Gasteiger partial charge in [0, 0.05) is 23.1 Å². The van der Waals surface area contributed by atoms with Gasteiger partial charge < -0.3 is 14.6 Å². The summed E-state index contributed by atoms with van der Waals surface area (Å²) in [6.07, 6.45) is 1.59. The number of hydrogen-bond donors (Lipinski definition) is 2. The SMILES string of the molecule is C[SiH](C)[C@]1(n2ccc(=O)[nH]c2=O)C[C@H](OC(C)(C)C)[C@](CO)(CI)O1. The Labute approximate surface area is 162 Å². The summed E-state index contributed by atoms with van der Waals surface area (Å²) >= 11 is 2.19. The molecule has 0 radical (unpaired) electrons. The Kier molecular flexibility index (Phi) is 6.04. The summed E-state index contributed by atoms with van der Waals surface area (Å²) in [5.41, 5.74) is -2.24. The van der Waals surface area contributed by atoms with Crippen LogP contribution >= 0.6 is 22.6 Å². The van der Waals surface area contributed by atoms with E-state index >= 15 is 0 Å². The van der Waals surface area contributed by atoms with Crippen molar-refractivity contribution in [2.75, 3.05) is 11.0 Å². The van der Waals surface area contributed by atoms with Crippen LogP contribution < -0.4 is 11.2 Å². The number of ether oxygens (including phenoxy) is 2. The number of nitrogens with zero attached hydrogens (tertiary/aromatic N) is 1. The molecule has 0 aromatic carbocycles. The first-order chi connectivity index (χ1) is 11.5. The second-order valence-electron chi connectivity index (χ2n) is 7.86. The average Bonchev–Trinajstić information content (AvgIpc) is 2.81. The molecule has 3 atom stereocenters. The van der Waals surface area contributed by atoms with Crippen LogP contribution in [-0.2, 0) is 14.8 Å². The second kappa shape index (κ2) is 7.26. The third-order valence-electron chi connectivity index (χ3n) is 4.57. The van der Waals surface area contributed by atoms with Gasteiger partial charge in [-0.25, -0.2) is 4.79 Å². The number of aromatic nitrogens is 2. The molecule has 1 aromatic heterocycles. The highest BCUT2D eigenvalue weighted by atomic mass is 127. The summed E-state index contributed by atoms with van der Waals surface area (Å²) in [6.45, 7) is 9.86. The first kappa shape index (κ1) is 20.8. The second-order valence-corrected chi connectivity index (χ2v) is 11.8. The van der Waals surface area contributed by atoms with Crippen molar-refractivity contribution in [3.05, 3.63) is 33.1 Å². The summed E-state index contributed by atoms with van der Waals surface area (Å²) in [6, 6.07) is 1.33. The van der Waals surface area contributed by atoms with E-state index in [0.717, 1.165) is 0 Å². The minimum atomic E-state index is -1.62. The fraction of sp³-hybridized carbons (Fsp3) is 0.750. The van der Waals surface area contributed by atoms with E-state index in [1.807, 2.05) is 20.8 Å². The van der Waals surface area contributed by atoms with E-state index in [2.05, 4.69) is 40.7 Å². The number of aromatic amines is 1. The van der Waals surface area contributed by atoms with Crippen LogP contribution in [0.25, 0.3) is 0 Å². The van der Waals surface area contributed by atoms with Gasteiger partial charge in [0.15, 0.2) is 0 Å². The summed E-state index contributed by atoms with van der Waals surface area (Å²) in [5, 5.41) is 9.25. The first-order valence-electron chi connectivity index (χ1n) is 8.37. The zero-order valence-corrected chi connectivity index (χ0v) is 18.6. The number of H-pyrrole nitrogens is 1. The predicted molar refractivity (Wildman–Crippen MR) is 107 cm³/mol. The van der Waals surface area contributed by atoms with Crippen LogP contribution in [0.2, 0.25) is 13.1 Å². The van der Waals surface area contributed by atoms with E-state index in [-0.39, 0.29) is 12.7 Å². The van der Waals surface area contributed by atoms with Crippen molar-refractivity contribution in [2.24, 2.45) is 0 Å². The summed E-state index contributed by atoms with van der Waals surface area (Å²) in [7, 11) is -1.62. The zero-order chi connectivity index (χ0) is 19.0. The van der Waals surface area contributed by atoms with Crippen molar-refractivity contribution >= 4 is 31.4 Å². The van der Waals surface area contributed by atoms with Crippen LogP contribution in [-0.4, -0.2) is 51.8 Å². The summed E-state index contributed by atoms with van der Waals surface area (Å²) in [5.74, 6) is 0. The van der Waals surface area contributed by atoms with E-state index in [1.165, 1.54) is 16.8 Å². The van der Waals surface area contributed by atoms with Crippen molar-refractivity contribution < 1.29 is 14.6 Å². The lowest BCUT2D eigenvalue weighted by molar-refractivity contribution is -0.164. The minimum Gasteiger partial charge on any atom is -0.393 e. The molecule has 2 heterocycles. The van der Waals surface area contributed by atoms with Gasteiger partial charge in [0.05, 0.1) is 27.1 Å². The smallest absolute Gasteiger partial charge is 0.330 e. The molecule has 9 heteroatoms. The third-order valence-corrected chi connectivity index (χ3v) is 8.30. The van der Waals surface area contributed by atoms with E-state index < -0.39 is 36.6 Å². The molecule has 1 aliphatic heterocycles. The minimum absolute atomic E-state index is 0.197. The highest BCUT2D eigenvalue weighted by Gasteiger charge is 2.59. The molecule has 1 saturated heterocycles. The molecular weight excluding hydrogens is 455 g/mol. The Morgan fingerprint density at radius 2 is 2.12 bits per heavy atom. The van der Waals surface area contributed by atoms with Gasteiger partial charge >= 0.3 is 5.69 Å². The fourth-order valence-electron chi connectivity index (χ4n) is 3.27. The molecule has 0 bridgehead atoms. The standard InChI is InChI=1S/C16H27IN2O5Si/c1-14(2,3)23-11-8-16(25(4)5,24-15(11,9-17)10-20)19-7-6-12(21)18-13(19)22/h6-7,11,20,25H,8-10H2,1-5H3,(H,18,21,22)/t11-,15+,16-/m0/s1. The lowest BCUT2D eigenvalue weighted by atomic mass is 9.98. The molecule has 0 unspecified atom stereocenters. The maximum Gasteiger partial charge on any atom is 0.330 e. The predicted octanol–water partition coefficient (Wildman–Crippen LogP) is 0.985. The topological polar surface area (TPSA) is 93.6 Å². The van der Waals surface area contributed by atoms with Gasteiger partial charge in [-0.05, 0) is 20.8 Å². The van der Waals surface area contributed by atoms with E-state index in [1.54, 1.807) is 0 Å². The molecule has 7 nitrogen and oxygen atoms in total. The summed E-state index contributed by atoms with van der Waals surface area (Å²) in [4.78, 5) is 26.2. The van der Waals surface area contributed by atoms with E-state index in [4.69, 9.17) is 9.47 Å². The van der Waals surface area contributed by atoms with Crippen molar-refractivity contribution in [1.29, 1.82) is 0 Å². The Morgan fingerprint density at radius 1 is 1.48 bits per heavy atom. The van der Waals surface area contributed by atoms with Gasteiger partial charge in [-0.3, -0.25) is 14.3 Å². The normalized spacial score (nSPS) is 30.2. The molecule has 0 aliphatic carbocycles. The maximum atomic E-state index is 12.5. The maximum absolute atomic E-state index is 12.5. The van der Waals surface area contributed by atoms with Gasteiger partial charge in [0.25, 0.3) is 5.56 Å². The highest BCUT2D eigenvalue weighted by Crippen LogP contribution is 2.46. The number of aliphatic hydroxyl groups excluding tert-OH is 1. The van der Waals surface area contributed by atoms with E-state index in [0.29, 0.717) is 10.8 Å². The average molecular weight is 482 g/mol. The summed E-state index contributed by atoms with van der Waals surface area (Å²) < 4.78 is 14.7. The lowest BCUT2D eigenvalue weighted by Gasteiger charge is -2.37. The van der Waals surface area contributed by atoms with Crippen molar-refractivity contribution in [1.82, 2.24) is 9.55 Å². The Balaban J connectivity index is 2.60. The molecule has 2 rings (SSSR count). The monoisotopic (exact) mass is 482 g/mol. The zero-order valence-electron chi connectivity index (χ0n) is 15.3. The Bertz CT molecular complexity index is 722. The molecule has 1 aromatic rings. The van der Waals surface area contributed by atoms with Gasteiger partial charge in [0.1, 0.15) is 10.9 Å². The number of halogens is 1. The van der Waals surface area contributed by atoms with E-state index in [9.17, 15) is 14.7 Å². The largest absolute Gasteiger partial charge is 0.393 e. The van der Waals surface area contributed by atoms with Crippen LogP contribution in [0, 0.1) is 0 Å². The van der Waals surface area contributed by atoms with Crippen molar-refractivity contribution in [3.8, 4) is 0 Å². The van der Waals surface area contributed by atoms with Crippen LogP contribution in [0.15, 0.2) is 21.9 Å². The highest BCUT2D eigenvalue weighted by molar-refractivity contribution is 14.1. The van der Waals surface area contributed by atoms with Crippen molar-refractivity contribution in [2.45, 2.75) is 62.9 Å². The van der Waals surface area contributed by atoms with Crippen LogP contribution in [0.1, 0.15) is 27.2 Å². The van der Waals surface area contributed by atoms with Gasteiger partial charge in [0.2, 0.25) is 0 Å². The van der Waals surface area contributed by atoms with Gasteiger partial charge in [-0.1, -0.05) is 35.7 Å². The Hall–Kier alpha value is -0.493. The van der Waals surface area contributed by atoms with Gasteiger partial charge in [-0.15, -0.1) is 0 Å². The number of aliphatic hydroxyl groups is 1. The number of hydrogen-bond acceptors (Lipinski definition) is 5. The van der Waals surface area contributed by atoms with Gasteiger partial charge in [-0.2, -0.15) is 0 Å². The lowest BCUT2D eigenvalue weighted by Crippen LogP contribution is -2.54. The Morgan fingerprint density at radius 3 is 2.56 bits per heavy atom. The molecule has 25 heavy (non-hydrogen) atoms. The third kappa shape index (κ3) is 3.94. The molecule has 0 amide bonds. The number of rotatable bonds is 5. The fourth-order valence-corrected chi connectivity index (χ4v) is 6.07. The van der Waals surface area contributed by atoms with Crippen LogP contribution in [0.4, 0.5) is 0 Å². The molecule has 1 fully saturated rings.